The van der Waals surface area contributed by atoms with E-state index >= 15 is 0 Å². The fourth-order valence-corrected chi connectivity index (χ4v) is 5.17. The molecule has 0 spiro atoms. The number of sulfonamides is 1. The number of carbonyl (C=O) groups excluding carboxylic acids is 1. The van der Waals surface area contributed by atoms with Gasteiger partial charge in [-0.2, -0.15) is 0 Å². The first-order chi connectivity index (χ1) is 17.3. The number of nitrogens with one attached hydrogen (secondary N) is 1. The van der Waals surface area contributed by atoms with E-state index in [-0.39, 0.29) is 17.2 Å². The Morgan fingerprint density at radius 2 is 1.53 bits per heavy atom. The number of carbonyl (C=O) groups is 1. The van der Waals surface area contributed by atoms with E-state index in [0.29, 0.717) is 24.4 Å². The number of aryl methyl sites for hydroxylation is 2. The van der Waals surface area contributed by atoms with Crippen LogP contribution in [0.3, 0.4) is 0 Å². The van der Waals surface area contributed by atoms with E-state index < -0.39 is 15.9 Å². The summed E-state index contributed by atoms with van der Waals surface area (Å²) in [5.74, 6) is 1.09. The van der Waals surface area contributed by atoms with Gasteiger partial charge in [-0.15, -0.1) is 0 Å². The average molecular weight is 513 g/mol. The van der Waals surface area contributed by atoms with Crippen LogP contribution in [0, 0.1) is 6.92 Å². The Morgan fingerprint density at radius 3 is 2.19 bits per heavy atom. The van der Waals surface area contributed by atoms with Crippen molar-refractivity contribution in [2.24, 2.45) is 0 Å². The Kier molecular flexibility index (Phi) is 9.19. The van der Waals surface area contributed by atoms with Gasteiger partial charge in [0.25, 0.3) is 10.0 Å². The number of nitrogens with zero attached hydrogens (tertiary/aromatic N) is 1. The number of hydrogen-bond donors (Lipinski definition) is 1. The molecule has 0 aliphatic heterocycles. The van der Waals surface area contributed by atoms with E-state index in [9.17, 15) is 13.2 Å². The smallest absolute Gasteiger partial charge is 0.264 e. The number of amides is 1. The van der Waals surface area contributed by atoms with Crippen LogP contribution in [0.15, 0.2) is 71.6 Å². The van der Waals surface area contributed by atoms with E-state index in [2.05, 4.69) is 5.32 Å². The van der Waals surface area contributed by atoms with Crippen LogP contribution in [0.5, 0.6) is 17.2 Å². The quantitative estimate of drug-likeness (QED) is 0.369. The zero-order chi connectivity index (χ0) is 26.1. The molecule has 0 saturated carbocycles. The molecule has 0 fully saturated rings. The van der Waals surface area contributed by atoms with Gasteiger partial charge in [0.15, 0.2) is 11.5 Å². The van der Waals surface area contributed by atoms with Gasteiger partial charge in [0, 0.05) is 12.6 Å². The van der Waals surface area contributed by atoms with Crippen molar-refractivity contribution in [2.45, 2.75) is 24.7 Å². The molecule has 0 heterocycles. The highest BCUT2D eigenvalue weighted by Gasteiger charge is 2.28. The minimum absolute atomic E-state index is 0.00954. The van der Waals surface area contributed by atoms with E-state index in [1.807, 2.05) is 31.2 Å². The van der Waals surface area contributed by atoms with Crippen LogP contribution in [-0.4, -0.2) is 48.7 Å². The summed E-state index contributed by atoms with van der Waals surface area (Å²) in [4.78, 5) is 12.8. The highest BCUT2D eigenvalue weighted by molar-refractivity contribution is 7.92. The summed E-state index contributed by atoms with van der Waals surface area (Å²) in [6.07, 6.45) is 1.40. The molecule has 0 unspecified atom stereocenters. The van der Waals surface area contributed by atoms with Crippen molar-refractivity contribution in [2.75, 3.05) is 38.7 Å². The van der Waals surface area contributed by atoms with Gasteiger partial charge in [-0.1, -0.05) is 35.9 Å². The number of benzene rings is 3. The summed E-state index contributed by atoms with van der Waals surface area (Å²) in [6, 6.07) is 19.0. The van der Waals surface area contributed by atoms with Gasteiger partial charge >= 0.3 is 0 Å². The maximum Gasteiger partial charge on any atom is 0.264 e. The Hall–Kier alpha value is -3.72. The minimum Gasteiger partial charge on any atom is -0.496 e. The van der Waals surface area contributed by atoms with Crippen molar-refractivity contribution in [1.82, 2.24) is 5.32 Å². The topological polar surface area (TPSA) is 94.2 Å². The maximum absolute atomic E-state index is 13.6. The van der Waals surface area contributed by atoms with E-state index in [0.717, 1.165) is 27.6 Å². The van der Waals surface area contributed by atoms with Gasteiger partial charge in [-0.05, 0) is 55.7 Å². The van der Waals surface area contributed by atoms with Crippen LogP contribution in [0.25, 0.3) is 0 Å². The third-order valence-electron chi connectivity index (χ3n) is 5.69. The monoisotopic (exact) mass is 512 g/mol. The summed E-state index contributed by atoms with van der Waals surface area (Å²) < 4.78 is 44.3. The van der Waals surface area contributed by atoms with Gasteiger partial charge in [0.1, 0.15) is 12.3 Å². The highest BCUT2D eigenvalue weighted by atomic mass is 32.2. The molecule has 0 atom stereocenters. The minimum atomic E-state index is -4.08. The lowest BCUT2D eigenvalue weighted by Gasteiger charge is -2.24. The zero-order valence-electron chi connectivity index (χ0n) is 21.0. The summed E-state index contributed by atoms with van der Waals surface area (Å²) in [7, 11) is 0.452. The van der Waals surface area contributed by atoms with Gasteiger partial charge in [0.05, 0.1) is 31.9 Å². The molecular formula is C27H32N2O6S. The molecule has 0 bridgehead atoms. The fraction of sp³-hybridized carbons (Fsp3) is 0.296. The molecule has 1 N–H and O–H groups in total. The lowest BCUT2D eigenvalue weighted by molar-refractivity contribution is -0.119. The lowest BCUT2D eigenvalue weighted by Crippen LogP contribution is -2.41. The van der Waals surface area contributed by atoms with Crippen molar-refractivity contribution in [3.63, 3.8) is 0 Å². The number of para-hydroxylation sites is 1. The van der Waals surface area contributed by atoms with Crippen molar-refractivity contribution < 1.29 is 27.4 Å². The molecule has 8 nitrogen and oxygen atoms in total. The SMILES string of the molecule is COc1ccccc1CCCNC(=O)CN(c1ccc(C)cc1)S(=O)(=O)c1ccc(OC)c(OC)c1. The third-order valence-corrected chi connectivity index (χ3v) is 7.46. The summed E-state index contributed by atoms with van der Waals surface area (Å²) in [6.45, 7) is 1.94. The lowest BCUT2D eigenvalue weighted by atomic mass is 10.1. The molecule has 1 amide bonds. The predicted octanol–water partition coefficient (Wildman–Crippen LogP) is 3.97. The van der Waals surface area contributed by atoms with Crippen molar-refractivity contribution >= 4 is 21.6 Å². The largest absolute Gasteiger partial charge is 0.496 e. The second kappa shape index (κ2) is 12.3. The molecular weight excluding hydrogens is 480 g/mol. The van der Waals surface area contributed by atoms with E-state index in [4.69, 9.17) is 14.2 Å². The maximum atomic E-state index is 13.6. The standard InChI is InChI=1S/C27H32N2O6S/c1-20-11-13-22(14-12-20)29(36(31,32)23-15-16-25(34-3)26(18-23)35-4)19-27(30)28-17-7-9-21-8-5-6-10-24(21)33-2/h5-6,8,10-16,18H,7,9,17,19H2,1-4H3,(H,28,30). The zero-order valence-corrected chi connectivity index (χ0v) is 21.8. The van der Waals surface area contributed by atoms with Gasteiger partial charge < -0.3 is 19.5 Å². The Bertz CT molecular complexity index is 1280. The van der Waals surface area contributed by atoms with Gasteiger partial charge in [0.2, 0.25) is 5.91 Å². The fourth-order valence-electron chi connectivity index (χ4n) is 3.73. The summed E-state index contributed by atoms with van der Waals surface area (Å²) in [5.41, 5.74) is 2.41. The second-order valence-electron chi connectivity index (χ2n) is 8.13. The van der Waals surface area contributed by atoms with Crippen LogP contribution < -0.4 is 23.8 Å². The highest BCUT2D eigenvalue weighted by Crippen LogP contribution is 2.32. The van der Waals surface area contributed by atoms with Gasteiger partial charge in [-0.3, -0.25) is 9.10 Å². The molecule has 3 aromatic rings. The predicted molar refractivity (Wildman–Crippen MR) is 140 cm³/mol. The van der Waals surface area contributed by atoms with Crippen LogP contribution in [-0.2, 0) is 21.2 Å². The van der Waals surface area contributed by atoms with Crippen LogP contribution >= 0.6 is 0 Å². The first kappa shape index (κ1) is 26.9. The van der Waals surface area contributed by atoms with Crippen LogP contribution in [0.1, 0.15) is 17.5 Å². The number of methoxy groups -OCH3 is 3. The first-order valence-electron chi connectivity index (χ1n) is 11.5. The Labute approximate surface area is 212 Å². The number of ether oxygens (including phenoxy) is 3. The van der Waals surface area contributed by atoms with Crippen molar-refractivity contribution in [3.05, 3.63) is 77.9 Å². The van der Waals surface area contributed by atoms with Crippen LogP contribution in [0.2, 0.25) is 0 Å². The molecule has 0 saturated heterocycles. The summed E-state index contributed by atoms with van der Waals surface area (Å²) >= 11 is 0. The third kappa shape index (κ3) is 6.48. The average Bonchev–Trinajstić information content (AvgIpc) is 2.90. The van der Waals surface area contributed by atoms with Crippen LogP contribution in [0.4, 0.5) is 5.69 Å². The Morgan fingerprint density at radius 1 is 0.861 bits per heavy atom. The molecule has 192 valence electrons. The first-order valence-corrected chi connectivity index (χ1v) is 12.9. The molecule has 36 heavy (non-hydrogen) atoms. The number of hydrogen-bond acceptors (Lipinski definition) is 6. The number of rotatable bonds is 12. The molecule has 3 rings (SSSR count). The second-order valence-corrected chi connectivity index (χ2v) is 9.99. The molecule has 0 aliphatic carbocycles. The van der Waals surface area contributed by atoms with E-state index in [1.54, 1.807) is 31.4 Å². The van der Waals surface area contributed by atoms with E-state index in [1.165, 1.54) is 32.4 Å². The van der Waals surface area contributed by atoms with Gasteiger partial charge in [-0.25, -0.2) is 8.42 Å². The Balaban J connectivity index is 1.76. The normalized spacial score (nSPS) is 11.0. The number of anilines is 1. The summed E-state index contributed by atoms with van der Waals surface area (Å²) in [5, 5.41) is 2.84. The van der Waals surface area contributed by atoms with Crippen molar-refractivity contribution in [3.8, 4) is 17.2 Å². The molecule has 9 heteroatoms. The molecule has 0 radical (unpaired) electrons. The molecule has 3 aromatic carbocycles. The molecule has 0 aromatic heterocycles. The molecule has 0 aliphatic rings. The van der Waals surface area contributed by atoms with Crippen molar-refractivity contribution in [1.29, 1.82) is 0 Å².